The number of nitrogens with one attached hydrogen (secondary N) is 13. The summed E-state index contributed by atoms with van der Waals surface area (Å²) in [5.41, 5.74) is 33.4. The largest absolute Gasteiger partial charge is 0.508 e. The van der Waals surface area contributed by atoms with Crippen molar-refractivity contribution in [3.8, 4) is 5.75 Å². The molecule has 33 nitrogen and oxygen atoms in total. The highest BCUT2D eigenvalue weighted by Gasteiger charge is 2.36. The summed E-state index contributed by atoms with van der Waals surface area (Å²) in [6, 6.07) is -7.27. The number of phenolic OH excluding ortho intramolecular Hbond substituents is 1. The van der Waals surface area contributed by atoms with Gasteiger partial charge < -0.3 is 103 Å². The summed E-state index contributed by atoms with van der Waals surface area (Å²) in [6.07, 6.45) is -2.61. The van der Waals surface area contributed by atoms with Gasteiger partial charge in [-0.1, -0.05) is 46.8 Å². The third kappa shape index (κ3) is 32.4. The Morgan fingerprint density at radius 2 is 0.756 bits per heavy atom. The summed E-state index contributed by atoms with van der Waals surface area (Å²) < 4.78 is 0. The van der Waals surface area contributed by atoms with Crippen LogP contribution in [0.15, 0.2) is 24.3 Å². The molecule has 0 aliphatic rings. The first-order valence-electron chi connectivity index (χ1n) is 30.1. The molecule has 0 fully saturated rings. The molecule has 1 aromatic rings. The van der Waals surface area contributed by atoms with Crippen molar-refractivity contribution in [3.05, 3.63) is 29.8 Å². The van der Waals surface area contributed by atoms with Gasteiger partial charge >= 0.3 is 0 Å². The smallest absolute Gasteiger partial charge is 0.243 e. The number of phenols is 1. The van der Waals surface area contributed by atoms with Crippen molar-refractivity contribution in [2.24, 2.45) is 52.2 Å². The molecule has 0 saturated carbocycles. The third-order valence-corrected chi connectivity index (χ3v) is 14.1. The van der Waals surface area contributed by atoms with Crippen molar-refractivity contribution in [2.75, 3.05) is 19.6 Å². The van der Waals surface area contributed by atoms with Gasteiger partial charge in [-0.3, -0.25) is 68.4 Å². The van der Waals surface area contributed by atoms with Crippen LogP contribution in [0.4, 0.5) is 0 Å². The van der Waals surface area contributed by atoms with Crippen LogP contribution in [-0.2, 0) is 64.0 Å². The molecule has 0 aromatic heterocycles. The Morgan fingerprint density at radius 3 is 1.10 bits per heavy atom. The Balaban J connectivity index is 3.86. The lowest BCUT2D eigenvalue weighted by Crippen LogP contribution is -2.61. The van der Waals surface area contributed by atoms with Gasteiger partial charge in [0.1, 0.15) is 60.1 Å². The molecule has 27 N–H and O–H groups in total. The number of unbranched alkanes of at least 4 members (excludes halogenated alkanes) is 1. The van der Waals surface area contributed by atoms with Crippen LogP contribution in [-0.4, -0.2) is 173 Å². The average Bonchev–Trinajstić information content (AvgIpc) is 2.27. The number of aliphatic hydroxyl groups excluding tert-OH is 1. The van der Waals surface area contributed by atoms with E-state index in [0.29, 0.717) is 18.4 Å². The topological polar surface area (TPSA) is 581 Å². The molecule has 0 aliphatic heterocycles. The van der Waals surface area contributed by atoms with Crippen LogP contribution in [0.5, 0.6) is 5.75 Å². The molecule has 12 amide bonds. The maximum atomic E-state index is 14.8. The second-order valence-corrected chi connectivity index (χ2v) is 23.0. The van der Waals surface area contributed by atoms with Crippen molar-refractivity contribution in [2.45, 2.75) is 199 Å². The van der Waals surface area contributed by atoms with Crippen molar-refractivity contribution >= 4 is 82.8 Å². The van der Waals surface area contributed by atoms with Crippen LogP contribution in [0.1, 0.15) is 138 Å². The van der Waals surface area contributed by atoms with Crippen LogP contribution in [0, 0.1) is 28.6 Å². The van der Waals surface area contributed by atoms with Crippen molar-refractivity contribution in [3.63, 3.8) is 0 Å². The van der Waals surface area contributed by atoms with Gasteiger partial charge in [0.05, 0.1) is 12.0 Å². The summed E-state index contributed by atoms with van der Waals surface area (Å²) >= 11 is 0. The molecule has 0 saturated heterocycles. The second kappa shape index (κ2) is 41.4. The maximum absolute atomic E-state index is 14.8. The monoisotopic (exact) mass is 1270 g/mol. The lowest BCUT2D eigenvalue weighted by atomic mass is 9.99. The van der Waals surface area contributed by atoms with Gasteiger partial charge in [0, 0.05) is 32.4 Å². The van der Waals surface area contributed by atoms with Gasteiger partial charge in [-0.2, -0.15) is 0 Å². The second-order valence-electron chi connectivity index (χ2n) is 23.0. The molecule has 1 rings (SSSR count). The Morgan fingerprint density at radius 1 is 0.433 bits per heavy atom. The van der Waals surface area contributed by atoms with Gasteiger partial charge in [-0.15, -0.1) is 0 Å². The predicted octanol–water partition coefficient (Wildman–Crippen LogP) is -4.90. The fourth-order valence-electron chi connectivity index (χ4n) is 8.76. The maximum Gasteiger partial charge on any atom is 0.243 e. The molecule has 0 heterocycles. The Hall–Kier alpha value is -8.88. The number of hydrogen-bond acceptors (Lipinski definition) is 17. The van der Waals surface area contributed by atoms with E-state index < -0.39 is 169 Å². The van der Waals surface area contributed by atoms with Crippen LogP contribution in [0.25, 0.3) is 0 Å². The molecular weight excluding hydrogens is 1170 g/mol. The average molecular weight is 1270 g/mol. The minimum absolute atomic E-state index is 0.0184. The van der Waals surface area contributed by atoms with Gasteiger partial charge in [-0.05, 0) is 121 Å². The van der Waals surface area contributed by atoms with E-state index in [-0.39, 0.29) is 94.5 Å². The van der Waals surface area contributed by atoms with E-state index in [1.165, 1.54) is 45.0 Å². The van der Waals surface area contributed by atoms with E-state index in [0.717, 1.165) is 0 Å². The highest BCUT2D eigenvalue weighted by molar-refractivity contribution is 5.99. The van der Waals surface area contributed by atoms with Crippen molar-refractivity contribution in [1.82, 2.24) is 58.5 Å². The first-order valence-corrected chi connectivity index (χ1v) is 30.1. The zero-order valence-corrected chi connectivity index (χ0v) is 52.6. The van der Waals surface area contributed by atoms with Gasteiger partial charge in [-0.25, -0.2) is 0 Å². The molecular formula is C57H99N19O14. The minimum atomic E-state index is -1.72. The van der Waals surface area contributed by atoms with Gasteiger partial charge in [0.15, 0.2) is 11.9 Å². The van der Waals surface area contributed by atoms with Crippen molar-refractivity contribution in [1.29, 1.82) is 10.8 Å². The summed E-state index contributed by atoms with van der Waals surface area (Å²) in [5, 5.41) is 63.7. The zero-order valence-electron chi connectivity index (χ0n) is 52.6. The first-order chi connectivity index (χ1) is 42.1. The number of hydrogen-bond donors (Lipinski definition) is 21. The number of benzene rings is 1. The number of rotatable bonds is 44. The fraction of sp³-hybridized carbons (Fsp3) is 0.649. The summed E-state index contributed by atoms with van der Waals surface area (Å²) in [5.74, 6) is -12.9. The molecule has 506 valence electrons. The standard InChI is InChI=1S/C57H99N19O14/c1-29(2)26-41(53(88)68-32(6)46(61)81)75-54(89)42(27-30(3)4)74-50(85)36(12-8-9-23-58)70-49(84)38(14-11-25-67-57(64)65)71-55(90)43(28-34-15-17-35(78)18-16-34)76-52(87)40(20-22-45(60)80)73-51(86)39(19-21-44(59)79)72-48(83)37(13-10-24-66-56(62)63)69-47(82)31(5)33(7)77/h15-18,29-33,36-43,77-78H,8-14,19-28,58H2,1-7H3,(H2,59,79)(H2,60,80)(H2,61,81)(H,68,88)(H,69,82)(H,70,84)(H,71,90)(H,72,83)(H,73,86)(H,74,85)(H,75,89)(H,76,87)(H4,62,63,66)(H4,64,65,67)/t31-,32-,33+,36-,37-,38-,39-,40-,41-,42-,43-/m0/s1. The summed E-state index contributed by atoms with van der Waals surface area (Å²) in [6.45, 7) is 11.7. The number of aromatic hydroxyl groups is 1. The molecule has 0 bridgehead atoms. The van der Waals surface area contributed by atoms with Gasteiger partial charge in [0.25, 0.3) is 0 Å². The van der Waals surface area contributed by atoms with Crippen LogP contribution in [0.3, 0.4) is 0 Å². The molecule has 11 atom stereocenters. The lowest BCUT2D eigenvalue weighted by Gasteiger charge is -2.29. The van der Waals surface area contributed by atoms with E-state index in [2.05, 4.69) is 58.5 Å². The number of carbonyl (C=O) groups excluding carboxylic acids is 12. The van der Waals surface area contributed by atoms with E-state index in [9.17, 15) is 67.7 Å². The van der Waals surface area contributed by atoms with E-state index in [1.54, 1.807) is 13.8 Å². The predicted molar refractivity (Wildman–Crippen MR) is 332 cm³/mol. The van der Waals surface area contributed by atoms with Crippen molar-refractivity contribution < 1.29 is 67.7 Å². The molecule has 90 heavy (non-hydrogen) atoms. The molecule has 0 unspecified atom stereocenters. The zero-order chi connectivity index (χ0) is 68.4. The first kappa shape index (κ1) is 79.1. The SMILES string of the molecule is CC(C)C[C@H](NC(=O)[C@H](CC(C)C)NC(=O)[C@H](CCCCN)NC(=O)[C@H](CCCNC(=N)N)NC(=O)[C@H](Cc1ccc(O)cc1)NC(=O)[C@H](CCC(N)=O)NC(=O)[C@H](CCC(N)=O)NC(=O)[C@H](CCCNC(=N)N)NC(=O)[C@@H](C)[C@@H](C)O)C(=O)N[C@@H](C)C(N)=O. The van der Waals surface area contributed by atoms with E-state index in [4.69, 9.17) is 45.2 Å². The molecule has 1 aromatic carbocycles. The normalized spacial score (nSPS) is 14.7. The fourth-order valence-corrected chi connectivity index (χ4v) is 8.76. The molecule has 0 spiro atoms. The van der Waals surface area contributed by atoms with Gasteiger partial charge in [0.2, 0.25) is 70.9 Å². The Labute approximate surface area is 524 Å². The number of nitrogens with two attached hydrogens (primary N) is 6. The summed E-state index contributed by atoms with van der Waals surface area (Å²) in [4.78, 5) is 163. The highest BCUT2D eigenvalue weighted by atomic mass is 16.3. The van der Waals surface area contributed by atoms with E-state index in [1.807, 2.05) is 13.8 Å². The number of guanidine groups is 2. The molecule has 33 heteroatoms. The Bertz CT molecular complexity index is 2590. The highest BCUT2D eigenvalue weighted by Crippen LogP contribution is 2.16. The quantitative estimate of drug-likeness (QED) is 0.0165. The minimum Gasteiger partial charge on any atom is -0.508 e. The number of primary amides is 3. The molecule has 0 aliphatic carbocycles. The van der Waals surface area contributed by atoms with Crippen LogP contribution in [0.2, 0.25) is 0 Å². The molecule has 0 radical (unpaired) electrons. The number of carbonyl (C=O) groups is 12. The number of aliphatic hydroxyl groups is 1. The number of amides is 12. The Kier molecular flexibility index (Phi) is 36.4. The van der Waals surface area contributed by atoms with Crippen LogP contribution >= 0.6 is 0 Å². The van der Waals surface area contributed by atoms with E-state index >= 15 is 0 Å². The van der Waals surface area contributed by atoms with Crippen LogP contribution < -0.4 is 92.9 Å². The summed E-state index contributed by atoms with van der Waals surface area (Å²) in [7, 11) is 0. The lowest BCUT2D eigenvalue weighted by molar-refractivity contribution is -0.136. The third-order valence-electron chi connectivity index (χ3n) is 14.1.